The fourth-order valence-corrected chi connectivity index (χ4v) is 3.71. The highest BCUT2D eigenvalue weighted by Gasteiger charge is 2.37. The number of amides is 1. The second-order valence-electron chi connectivity index (χ2n) is 7.10. The molecule has 0 aliphatic carbocycles. The molecule has 1 amide bonds. The molecule has 0 radical (unpaired) electrons. The van der Waals surface area contributed by atoms with E-state index in [-0.39, 0.29) is 23.4 Å². The number of para-hydroxylation sites is 1. The van der Waals surface area contributed by atoms with E-state index in [1.165, 1.54) is 0 Å². The van der Waals surface area contributed by atoms with Crippen LogP contribution >= 0.6 is 0 Å². The molecule has 1 aliphatic heterocycles. The van der Waals surface area contributed by atoms with Gasteiger partial charge in [0, 0.05) is 0 Å². The normalized spacial score (nSPS) is 19.4. The van der Waals surface area contributed by atoms with Crippen molar-refractivity contribution in [3.63, 3.8) is 0 Å². The first-order valence-corrected chi connectivity index (χ1v) is 8.91. The molecule has 2 atom stereocenters. The van der Waals surface area contributed by atoms with Crippen LogP contribution in [0, 0.1) is 5.92 Å². The minimum Gasteiger partial charge on any atom is -0.344 e. The minimum absolute atomic E-state index is 0.00733. The maximum Gasteiger partial charge on any atom is 0.262 e. The third kappa shape index (κ3) is 2.69. The molecule has 4 rings (SSSR count). The SMILES string of the molecule is CC(C)[C@H]1C(=O)N[C@H](Cc2ccccc2)c2nc3ccccc3c(=O)n21. The summed E-state index contributed by atoms with van der Waals surface area (Å²) in [4.78, 5) is 30.7. The first-order valence-electron chi connectivity index (χ1n) is 8.91. The van der Waals surface area contributed by atoms with Gasteiger partial charge in [-0.05, 0) is 30.0 Å². The molecular formula is C21H21N3O2. The third-order valence-corrected chi connectivity index (χ3v) is 4.92. The van der Waals surface area contributed by atoms with E-state index in [2.05, 4.69) is 5.32 Å². The average molecular weight is 347 g/mol. The zero-order chi connectivity index (χ0) is 18.3. The summed E-state index contributed by atoms with van der Waals surface area (Å²) in [7, 11) is 0. The molecule has 5 heteroatoms. The molecule has 26 heavy (non-hydrogen) atoms. The zero-order valence-corrected chi connectivity index (χ0v) is 14.8. The Morgan fingerprint density at radius 3 is 2.46 bits per heavy atom. The highest BCUT2D eigenvalue weighted by molar-refractivity contribution is 5.84. The number of nitrogens with one attached hydrogen (secondary N) is 1. The fraction of sp³-hybridized carbons (Fsp3) is 0.286. The van der Waals surface area contributed by atoms with Crippen LogP contribution in [0.25, 0.3) is 10.9 Å². The van der Waals surface area contributed by atoms with Gasteiger partial charge in [-0.15, -0.1) is 0 Å². The Balaban J connectivity index is 1.92. The van der Waals surface area contributed by atoms with Gasteiger partial charge in [0.1, 0.15) is 11.9 Å². The molecule has 1 N–H and O–H groups in total. The molecule has 0 spiro atoms. The van der Waals surface area contributed by atoms with Crippen LogP contribution in [0.3, 0.4) is 0 Å². The Kier molecular flexibility index (Phi) is 4.07. The molecule has 1 aliphatic rings. The van der Waals surface area contributed by atoms with Crippen molar-refractivity contribution in [2.75, 3.05) is 0 Å². The number of hydrogen-bond acceptors (Lipinski definition) is 3. The van der Waals surface area contributed by atoms with Gasteiger partial charge >= 0.3 is 0 Å². The van der Waals surface area contributed by atoms with Gasteiger partial charge < -0.3 is 5.32 Å². The predicted octanol–water partition coefficient (Wildman–Crippen LogP) is 3.01. The Morgan fingerprint density at radius 1 is 1.04 bits per heavy atom. The molecule has 1 aromatic heterocycles. The molecule has 132 valence electrons. The van der Waals surface area contributed by atoms with E-state index in [0.717, 1.165) is 5.56 Å². The molecule has 0 saturated heterocycles. The van der Waals surface area contributed by atoms with Crippen LogP contribution in [0.15, 0.2) is 59.4 Å². The van der Waals surface area contributed by atoms with Crippen LogP contribution < -0.4 is 10.9 Å². The van der Waals surface area contributed by atoms with Crippen molar-refractivity contribution in [3.05, 3.63) is 76.3 Å². The molecular weight excluding hydrogens is 326 g/mol. The van der Waals surface area contributed by atoms with E-state index in [0.29, 0.717) is 23.1 Å². The second-order valence-corrected chi connectivity index (χ2v) is 7.10. The van der Waals surface area contributed by atoms with Gasteiger partial charge in [-0.3, -0.25) is 14.2 Å². The molecule has 0 bridgehead atoms. The number of aromatic nitrogens is 2. The van der Waals surface area contributed by atoms with Gasteiger partial charge in [0.15, 0.2) is 0 Å². The highest BCUT2D eigenvalue weighted by Crippen LogP contribution is 2.29. The fourth-order valence-electron chi connectivity index (χ4n) is 3.71. The number of benzene rings is 2. The van der Waals surface area contributed by atoms with Gasteiger partial charge in [0.25, 0.3) is 5.56 Å². The third-order valence-electron chi connectivity index (χ3n) is 4.92. The predicted molar refractivity (Wildman–Crippen MR) is 101 cm³/mol. The van der Waals surface area contributed by atoms with Crippen LogP contribution in [-0.4, -0.2) is 15.5 Å². The van der Waals surface area contributed by atoms with Crippen molar-refractivity contribution in [1.82, 2.24) is 14.9 Å². The molecule has 0 fully saturated rings. The lowest BCUT2D eigenvalue weighted by atomic mass is 9.96. The van der Waals surface area contributed by atoms with Crippen molar-refractivity contribution in [2.45, 2.75) is 32.4 Å². The summed E-state index contributed by atoms with van der Waals surface area (Å²) < 4.78 is 1.61. The summed E-state index contributed by atoms with van der Waals surface area (Å²) in [5.74, 6) is 0.510. The van der Waals surface area contributed by atoms with E-state index >= 15 is 0 Å². The van der Waals surface area contributed by atoms with E-state index in [4.69, 9.17) is 4.98 Å². The number of rotatable bonds is 3. The summed E-state index contributed by atoms with van der Waals surface area (Å²) in [5.41, 5.74) is 1.62. The average Bonchev–Trinajstić information content (AvgIpc) is 2.63. The molecule has 0 saturated carbocycles. The Labute approximate surface area is 151 Å². The van der Waals surface area contributed by atoms with Crippen molar-refractivity contribution >= 4 is 16.8 Å². The second kappa shape index (κ2) is 6.41. The summed E-state index contributed by atoms with van der Waals surface area (Å²) in [5, 5.41) is 3.63. The van der Waals surface area contributed by atoms with Crippen LogP contribution in [0.5, 0.6) is 0 Å². The van der Waals surface area contributed by atoms with Gasteiger partial charge in [0.2, 0.25) is 5.91 Å². The van der Waals surface area contributed by atoms with Crippen molar-refractivity contribution in [3.8, 4) is 0 Å². The maximum absolute atomic E-state index is 13.2. The summed E-state index contributed by atoms with van der Waals surface area (Å²) in [6.45, 7) is 3.90. The van der Waals surface area contributed by atoms with E-state index in [9.17, 15) is 9.59 Å². The van der Waals surface area contributed by atoms with Gasteiger partial charge in [0.05, 0.1) is 16.9 Å². The minimum atomic E-state index is -0.540. The number of carbonyl (C=O) groups excluding carboxylic acids is 1. The number of fused-ring (bicyclic) bond motifs is 2. The highest BCUT2D eigenvalue weighted by atomic mass is 16.2. The van der Waals surface area contributed by atoms with E-state index in [1.54, 1.807) is 10.6 Å². The molecule has 2 aromatic carbocycles. The first kappa shape index (κ1) is 16.5. The lowest BCUT2D eigenvalue weighted by Crippen LogP contribution is -2.50. The number of nitrogens with zero attached hydrogens (tertiary/aromatic N) is 2. The summed E-state index contributed by atoms with van der Waals surface area (Å²) >= 11 is 0. The topological polar surface area (TPSA) is 64.0 Å². The van der Waals surface area contributed by atoms with Crippen LogP contribution in [0.4, 0.5) is 0 Å². The molecule has 2 heterocycles. The van der Waals surface area contributed by atoms with E-state index < -0.39 is 6.04 Å². The molecule has 0 unspecified atom stereocenters. The van der Waals surface area contributed by atoms with Crippen molar-refractivity contribution in [1.29, 1.82) is 0 Å². The van der Waals surface area contributed by atoms with Crippen molar-refractivity contribution < 1.29 is 4.79 Å². The summed E-state index contributed by atoms with van der Waals surface area (Å²) in [6.07, 6.45) is 0.599. The largest absolute Gasteiger partial charge is 0.344 e. The lowest BCUT2D eigenvalue weighted by molar-refractivity contribution is -0.128. The van der Waals surface area contributed by atoms with Crippen LogP contribution in [-0.2, 0) is 11.2 Å². The Bertz CT molecular complexity index is 1020. The van der Waals surface area contributed by atoms with Crippen LogP contribution in [0.2, 0.25) is 0 Å². The molecule has 5 nitrogen and oxygen atoms in total. The van der Waals surface area contributed by atoms with Gasteiger partial charge in [-0.2, -0.15) is 0 Å². The first-order chi connectivity index (χ1) is 12.6. The smallest absolute Gasteiger partial charge is 0.262 e. The maximum atomic E-state index is 13.2. The van der Waals surface area contributed by atoms with Crippen LogP contribution in [0.1, 0.15) is 37.3 Å². The van der Waals surface area contributed by atoms with E-state index in [1.807, 2.05) is 62.4 Å². The lowest BCUT2D eigenvalue weighted by Gasteiger charge is -2.34. The zero-order valence-electron chi connectivity index (χ0n) is 14.8. The molecule has 3 aromatic rings. The standard InChI is InChI=1S/C21H21N3O2/c1-13(2)18-20(25)23-17(12-14-8-4-3-5-9-14)19-22-16-11-7-6-10-15(16)21(26)24(18)19/h3-11,13,17-18H,12H2,1-2H3,(H,23,25)/t17-,18+/m1/s1. The van der Waals surface area contributed by atoms with Gasteiger partial charge in [-0.1, -0.05) is 56.3 Å². The number of hydrogen-bond donors (Lipinski definition) is 1. The monoisotopic (exact) mass is 347 g/mol. The summed E-state index contributed by atoms with van der Waals surface area (Å²) in [6, 6.07) is 16.4. The van der Waals surface area contributed by atoms with Gasteiger partial charge in [-0.25, -0.2) is 4.98 Å². The quantitative estimate of drug-likeness (QED) is 0.792. The Morgan fingerprint density at radius 2 is 1.73 bits per heavy atom. The number of carbonyl (C=O) groups is 1. The van der Waals surface area contributed by atoms with Crippen molar-refractivity contribution in [2.24, 2.45) is 5.92 Å². The Hall–Kier alpha value is -2.95.